The molecule has 0 saturated carbocycles. The second-order valence-corrected chi connectivity index (χ2v) is 5.13. The molecule has 0 aliphatic carbocycles. The molecule has 0 aromatic heterocycles. The number of halogens is 1. The van der Waals surface area contributed by atoms with Crippen LogP contribution in [-0.2, 0) is 0 Å². The first-order valence-corrected chi connectivity index (χ1v) is 7.34. The number of rotatable bonds is 7. The van der Waals surface area contributed by atoms with Crippen LogP contribution in [0.2, 0.25) is 5.02 Å². The molecule has 0 atom stereocenters. The van der Waals surface area contributed by atoms with Crippen LogP contribution in [0.1, 0.15) is 32.6 Å². The van der Waals surface area contributed by atoms with E-state index in [9.17, 15) is 0 Å². The summed E-state index contributed by atoms with van der Waals surface area (Å²) in [5.41, 5.74) is 0.779. The average molecular weight is 301 g/mol. The van der Waals surface area contributed by atoms with Crippen LogP contribution >= 0.6 is 23.8 Å². The molecule has 1 aromatic rings. The smallest absolute Gasteiger partial charge is 0.170 e. The van der Waals surface area contributed by atoms with Crippen molar-refractivity contribution in [2.45, 2.75) is 32.6 Å². The van der Waals surface area contributed by atoms with E-state index in [1.165, 1.54) is 19.3 Å². The highest BCUT2D eigenvalue weighted by Gasteiger charge is 2.05. The standard InChI is InChI=1S/C14H21ClN2OS/c1-3-4-5-6-9-16-14(19)17-12-10-11(15)7-8-13(12)18-2/h7-8,10H,3-6,9H2,1-2H3,(H2,16,17,19). The Kier molecular flexibility index (Phi) is 7.60. The summed E-state index contributed by atoms with van der Waals surface area (Å²) in [5, 5.41) is 7.53. The minimum atomic E-state index is 0.595. The maximum atomic E-state index is 5.96. The predicted molar refractivity (Wildman–Crippen MR) is 86.4 cm³/mol. The molecule has 2 N–H and O–H groups in total. The Morgan fingerprint density at radius 2 is 2.11 bits per heavy atom. The summed E-state index contributed by atoms with van der Waals surface area (Å²) < 4.78 is 5.25. The van der Waals surface area contributed by atoms with Crippen molar-refractivity contribution in [2.75, 3.05) is 19.0 Å². The zero-order valence-corrected chi connectivity index (χ0v) is 13.0. The third-order valence-corrected chi connectivity index (χ3v) is 3.21. The van der Waals surface area contributed by atoms with Crippen molar-refractivity contribution in [3.05, 3.63) is 23.2 Å². The predicted octanol–water partition coefficient (Wildman–Crippen LogP) is 4.22. The quantitative estimate of drug-likeness (QED) is 0.583. The molecule has 1 rings (SSSR count). The zero-order chi connectivity index (χ0) is 14.1. The molecular formula is C14H21ClN2OS. The van der Waals surface area contributed by atoms with Crippen LogP contribution in [0.3, 0.4) is 0 Å². The molecule has 5 heteroatoms. The SMILES string of the molecule is CCCCCCNC(=S)Nc1cc(Cl)ccc1OC. The Hall–Kier alpha value is -1.00. The number of hydrogen-bond acceptors (Lipinski definition) is 2. The summed E-state index contributed by atoms with van der Waals surface area (Å²) in [5.74, 6) is 0.722. The highest BCUT2D eigenvalue weighted by Crippen LogP contribution is 2.27. The summed E-state index contributed by atoms with van der Waals surface area (Å²) in [7, 11) is 1.62. The maximum absolute atomic E-state index is 5.96. The topological polar surface area (TPSA) is 33.3 Å². The Bertz CT molecular complexity index is 412. The molecule has 0 unspecified atom stereocenters. The molecule has 0 aliphatic heterocycles. The van der Waals surface area contributed by atoms with Gasteiger partial charge in [-0.2, -0.15) is 0 Å². The fourth-order valence-electron chi connectivity index (χ4n) is 1.70. The van der Waals surface area contributed by atoms with Gasteiger partial charge in [0.15, 0.2) is 5.11 Å². The lowest BCUT2D eigenvalue weighted by atomic mass is 10.2. The molecule has 0 bridgehead atoms. The lowest BCUT2D eigenvalue weighted by Gasteiger charge is -2.13. The first-order valence-electron chi connectivity index (χ1n) is 6.55. The summed E-state index contributed by atoms with van der Waals surface area (Å²) in [6.45, 7) is 3.08. The van der Waals surface area contributed by atoms with E-state index in [0.29, 0.717) is 10.1 Å². The minimum Gasteiger partial charge on any atom is -0.495 e. The van der Waals surface area contributed by atoms with Gasteiger partial charge in [0.05, 0.1) is 12.8 Å². The molecule has 3 nitrogen and oxygen atoms in total. The number of unbranched alkanes of at least 4 members (excludes halogenated alkanes) is 3. The summed E-state index contributed by atoms with van der Waals surface area (Å²) in [4.78, 5) is 0. The molecular weight excluding hydrogens is 280 g/mol. The Balaban J connectivity index is 2.41. The van der Waals surface area contributed by atoms with Crippen molar-refractivity contribution >= 4 is 34.6 Å². The van der Waals surface area contributed by atoms with Crippen LogP contribution < -0.4 is 15.4 Å². The van der Waals surface area contributed by atoms with Crippen LogP contribution in [-0.4, -0.2) is 18.8 Å². The number of nitrogens with one attached hydrogen (secondary N) is 2. The number of anilines is 1. The van der Waals surface area contributed by atoms with Gasteiger partial charge < -0.3 is 15.4 Å². The molecule has 0 heterocycles. The molecule has 106 valence electrons. The number of ether oxygens (including phenoxy) is 1. The number of benzene rings is 1. The largest absolute Gasteiger partial charge is 0.495 e. The van der Waals surface area contributed by atoms with Crippen molar-refractivity contribution < 1.29 is 4.74 Å². The molecule has 19 heavy (non-hydrogen) atoms. The van der Waals surface area contributed by atoms with Crippen LogP contribution in [0.4, 0.5) is 5.69 Å². The molecule has 0 radical (unpaired) electrons. The average Bonchev–Trinajstić information content (AvgIpc) is 2.39. The van der Waals surface area contributed by atoms with Gasteiger partial charge in [-0.15, -0.1) is 0 Å². The maximum Gasteiger partial charge on any atom is 0.170 e. The zero-order valence-electron chi connectivity index (χ0n) is 11.5. The lowest BCUT2D eigenvalue weighted by Crippen LogP contribution is -2.29. The molecule has 0 spiro atoms. The first kappa shape index (κ1) is 16.1. The number of methoxy groups -OCH3 is 1. The molecule has 1 aromatic carbocycles. The summed E-state index contributed by atoms with van der Waals surface area (Å²) >= 11 is 11.2. The van der Waals surface area contributed by atoms with Crippen molar-refractivity contribution in [3.63, 3.8) is 0 Å². The molecule has 0 saturated heterocycles. The van der Waals surface area contributed by atoms with Crippen LogP contribution in [0.25, 0.3) is 0 Å². The highest BCUT2D eigenvalue weighted by molar-refractivity contribution is 7.80. The van der Waals surface area contributed by atoms with Gasteiger partial charge in [-0.05, 0) is 36.8 Å². The van der Waals surface area contributed by atoms with Gasteiger partial charge >= 0.3 is 0 Å². The summed E-state index contributed by atoms with van der Waals surface area (Å²) in [6.07, 6.45) is 4.86. The van der Waals surface area contributed by atoms with Crippen molar-refractivity contribution in [1.29, 1.82) is 0 Å². The molecule has 0 amide bonds. The Morgan fingerprint density at radius 3 is 2.79 bits per heavy atom. The fraction of sp³-hybridized carbons (Fsp3) is 0.500. The van der Waals surface area contributed by atoms with Crippen molar-refractivity contribution in [1.82, 2.24) is 5.32 Å². The van der Waals surface area contributed by atoms with Crippen LogP contribution in [0, 0.1) is 0 Å². The monoisotopic (exact) mass is 300 g/mol. The van der Waals surface area contributed by atoms with Gasteiger partial charge in [-0.3, -0.25) is 0 Å². The highest BCUT2D eigenvalue weighted by atomic mass is 35.5. The van der Waals surface area contributed by atoms with Gasteiger partial charge in [0, 0.05) is 11.6 Å². The third kappa shape index (κ3) is 6.12. The van der Waals surface area contributed by atoms with Crippen molar-refractivity contribution in [3.8, 4) is 5.75 Å². The Morgan fingerprint density at radius 1 is 1.32 bits per heavy atom. The fourth-order valence-corrected chi connectivity index (χ4v) is 2.08. The number of thiocarbonyl (C=S) groups is 1. The molecule has 0 fully saturated rings. The van der Waals surface area contributed by atoms with Gasteiger partial charge in [0.25, 0.3) is 0 Å². The first-order chi connectivity index (χ1) is 9.17. The van der Waals surface area contributed by atoms with Crippen LogP contribution in [0.15, 0.2) is 18.2 Å². The second kappa shape index (κ2) is 8.99. The van der Waals surface area contributed by atoms with E-state index in [0.717, 1.165) is 24.4 Å². The molecule has 0 aliphatic rings. The van der Waals surface area contributed by atoms with Gasteiger partial charge in [-0.1, -0.05) is 37.8 Å². The lowest BCUT2D eigenvalue weighted by molar-refractivity contribution is 0.417. The van der Waals surface area contributed by atoms with Crippen molar-refractivity contribution in [2.24, 2.45) is 0 Å². The van der Waals surface area contributed by atoms with Gasteiger partial charge in [0.2, 0.25) is 0 Å². The van der Waals surface area contributed by atoms with Gasteiger partial charge in [-0.25, -0.2) is 0 Å². The van der Waals surface area contributed by atoms with E-state index in [1.807, 2.05) is 6.07 Å². The van der Waals surface area contributed by atoms with E-state index < -0.39 is 0 Å². The Labute approximate surface area is 125 Å². The third-order valence-electron chi connectivity index (χ3n) is 2.73. The van der Waals surface area contributed by atoms with E-state index >= 15 is 0 Å². The van der Waals surface area contributed by atoms with E-state index in [2.05, 4.69) is 17.6 Å². The summed E-state index contributed by atoms with van der Waals surface area (Å²) in [6, 6.07) is 5.40. The van der Waals surface area contributed by atoms with E-state index in [4.69, 9.17) is 28.6 Å². The normalized spacial score (nSPS) is 10.1. The second-order valence-electron chi connectivity index (χ2n) is 4.29. The van der Waals surface area contributed by atoms with Gasteiger partial charge in [0.1, 0.15) is 5.75 Å². The van der Waals surface area contributed by atoms with E-state index in [1.54, 1.807) is 19.2 Å². The number of hydrogen-bond donors (Lipinski definition) is 2. The van der Waals surface area contributed by atoms with E-state index in [-0.39, 0.29) is 0 Å². The minimum absolute atomic E-state index is 0.595. The van der Waals surface area contributed by atoms with Crippen LogP contribution in [0.5, 0.6) is 5.75 Å².